The van der Waals surface area contributed by atoms with Crippen molar-refractivity contribution in [3.8, 4) is 11.8 Å². The van der Waals surface area contributed by atoms with Crippen LogP contribution < -0.4 is 9.64 Å². The van der Waals surface area contributed by atoms with Crippen LogP contribution in [0, 0.1) is 17.2 Å². The summed E-state index contributed by atoms with van der Waals surface area (Å²) in [6, 6.07) is 13.8. The van der Waals surface area contributed by atoms with E-state index in [1.807, 2.05) is 42.7 Å². The summed E-state index contributed by atoms with van der Waals surface area (Å²) in [6.07, 6.45) is 2.18. The van der Waals surface area contributed by atoms with Crippen molar-refractivity contribution in [3.05, 3.63) is 59.2 Å². The largest absolute Gasteiger partial charge is 0.494 e. The highest BCUT2D eigenvalue weighted by Crippen LogP contribution is 2.37. The molecule has 0 aromatic heterocycles. The first-order valence-electron chi connectivity index (χ1n) is 15.0. The molecule has 2 aliphatic rings. The zero-order chi connectivity index (χ0) is 30.3. The molecule has 0 N–H and O–H groups in total. The number of anilines is 1. The lowest BCUT2D eigenvalue weighted by atomic mass is 9.89. The number of likely N-dealkylation sites (tertiary alicyclic amines) is 1. The molecule has 2 heterocycles. The van der Waals surface area contributed by atoms with Crippen molar-refractivity contribution in [3.63, 3.8) is 0 Å². The summed E-state index contributed by atoms with van der Waals surface area (Å²) in [6.45, 7) is 9.17. The summed E-state index contributed by atoms with van der Waals surface area (Å²) in [5.41, 5.74) is 0.0443. The van der Waals surface area contributed by atoms with Gasteiger partial charge in [-0.1, -0.05) is 18.6 Å². The number of halogens is 3. The summed E-state index contributed by atoms with van der Waals surface area (Å²) in [7, 11) is 0. The lowest BCUT2D eigenvalue weighted by molar-refractivity contribution is -0.137. The number of amides is 1. The fourth-order valence-electron chi connectivity index (χ4n) is 5.82. The lowest BCUT2D eigenvalue weighted by Gasteiger charge is -2.34. The van der Waals surface area contributed by atoms with E-state index in [1.54, 1.807) is 12.1 Å². The van der Waals surface area contributed by atoms with Crippen LogP contribution in [0.1, 0.15) is 88.3 Å². The summed E-state index contributed by atoms with van der Waals surface area (Å²) in [5, 5.41) is 9.04. The van der Waals surface area contributed by atoms with Crippen LogP contribution in [0.4, 0.5) is 23.7 Å². The number of ether oxygens (including phenoxy) is 2. The maximum Gasteiger partial charge on any atom is 0.417 e. The molecule has 42 heavy (non-hydrogen) atoms. The molecule has 0 unspecified atom stereocenters. The number of nitrogens with zero attached hydrogens (tertiary/aromatic N) is 3. The molecule has 0 aliphatic carbocycles. The van der Waals surface area contributed by atoms with Gasteiger partial charge < -0.3 is 19.3 Å². The van der Waals surface area contributed by atoms with Crippen LogP contribution in [0.15, 0.2) is 42.5 Å². The predicted octanol–water partition coefficient (Wildman–Crippen LogP) is 8.16. The number of hydrogen-bond acceptors (Lipinski definition) is 5. The third-order valence-corrected chi connectivity index (χ3v) is 8.18. The van der Waals surface area contributed by atoms with Gasteiger partial charge in [-0.2, -0.15) is 18.4 Å². The molecule has 0 saturated carbocycles. The average Bonchev–Trinajstić information content (AvgIpc) is 2.96. The monoisotopic (exact) mass is 585 g/mol. The van der Waals surface area contributed by atoms with E-state index in [4.69, 9.17) is 14.7 Å². The molecular weight excluding hydrogens is 543 g/mol. The molecule has 2 aliphatic heterocycles. The van der Waals surface area contributed by atoms with Gasteiger partial charge in [-0.25, -0.2) is 4.79 Å². The van der Waals surface area contributed by atoms with E-state index < -0.39 is 17.3 Å². The van der Waals surface area contributed by atoms with Gasteiger partial charge in [-0.05, 0) is 107 Å². The van der Waals surface area contributed by atoms with Crippen molar-refractivity contribution in [2.75, 3.05) is 37.7 Å². The number of unbranched alkanes of at least 4 members (excludes halogenated alkanes) is 1. The Morgan fingerprint density at radius 1 is 0.952 bits per heavy atom. The normalized spacial score (nSPS) is 17.2. The Bertz CT molecular complexity index is 1220. The Balaban J connectivity index is 1.14. The van der Waals surface area contributed by atoms with Crippen molar-refractivity contribution in [1.82, 2.24) is 4.90 Å². The Morgan fingerprint density at radius 2 is 1.62 bits per heavy atom. The molecular formula is C33H42F3N3O3. The minimum atomic E-state index is -4.55. The van der Waals surface area contributed by atoms with Gasteiger partial charge in [0.15, 0.2) is 0 Å². The zero-order valence-corrected chi connectivity index (χ0v) is 24.9. The fraction of sp³-hybridized carbons (Fsp3) is 0.576. The molecule has 0 bridgehead atoms. The quantitative estimate of drug-likeness (QED) is 0.293. The molecule has 4 rings (SSSR count). The predicted molar refractivity (Wildman–Crippen MR) is 157 cm³/mol. The van der Waals surface area contributed by atoms with Crippen LogP contribution in [-0.2, 0) is 10.9 Å². The van der Waals surface area contributed by atoms with Crippen molar-refractivity contribution in [1.29, 1.82) is 5.26 Å². The van der Waals surface area contributed by atoms with Crippen molar-refractivity contribution in [2.24, 2.45) is 5.92 Å². The number of hydrogen-bond donors (Lipinski definition) is 0. The standard InChI is InChI=1S/C33H42F3N3O3/c1-32(2,3)42-31(40)39-17-13-24(14-18-39)6-4-5-21-41-29-11-8-25(9-12-29)26-15-19-38(20-16-26)28-10-7-27(23-37)30(22-28)33(34,35)36/h7-12,22,24,26H,4-6,13-21H2,1-3H3. The number of nitriles is 1. The highest BCUT2D eigenvalue weighted by molar-refractivity contribution is 5.68. The molecule has 228 valence electrons. The van der Waals surface area contributed by atoms with Crippen LogP contribution in [0.25, 0.3) is 0 Å². The maximum atomic E-state index is 13.4. The number of carbonyl (C=O) groups is 1. The number of benzene rings is 2. The first-order chi connectivity index (χ1) is 19.9. The third-order valence-electron chi connectivity index (χ3n) is 8.18. The number of piperidine rings is 2. The lowest BCUT2D eigenvalue weighted by Crippen LogP contribution is -2.41. The van der Waals surface area contributed by atoms with Gasteiger partial charge in [-0.3, -0.25) is 0 Å². The molecule has 1 amide bonds. The molecule has 0 radical (unpaired) electrons. The first kappa shape index (κ1) is 31.5. The summed E-state index contributed by atoms with van der Waals surface area (Å²) in [4.78, 5) is 16.0. The molecule has 2 fully saturated rings. The van der Waals surface area contributed by atoms with Gasteiger partial charge in [0.05, 0.1) is 23.8 Å². The number of alkyl halides is 3. The van der Waals surface area contributed by atoms with Crippen LogP contribution in [0.2, 0.25) is 0 Å². The van der Waals surface area contributed by atoms with Crippen molar-refractivity contribution in [2.45, 2.75) is 83.4 Å². The molecule has 9 heteroatoms. The van der Waals surface area contributed by atoms with E-state index in [9.17, 15) is 18.0 Å². The molecule has 2 saturated heterocycles. The van der Waals surface area contributed by atoms with E-state index in [1.165, 1.54) is 11.6 Å². The van der Waals surface area contributed by atoms with E-state index >= 15 is 0 Å². The van der Waals surface area contributed by atoms with E-state index in [0.717, 1.165) is 69.9 Å². The Morgan fingerprint density at radius 3 is 2.21 bits per heavy atom. The van der Waals surface area contributed by atoms with Gasteiger partial charge in [0.2, 0.25) is 0 Å². The smallest absolute Gasteiger partial charge is 0.417 e. The minimum absolute atomic E-state index is 0.211. The van der Waals surface area contributed by atoms with Gasteiger partial charge >= 0.3 is 12.3 Å². The van der Waals surface area contributed by atoms with Crippen molar-refractivity contribution >= 4 is 11.8 Å². The van der Waals surface area contributed by atoms with Crippen molar-refractivity contribution < 1.29 is 27.4 Å². The van der Waals surface area contributed by atoms with Crippen LogP contribution in [0.5, 0.6) is 5.75 Å². The average molecular weight is 586 g/mol. The summed E-state index contributed by atoms with van der Waals surface area (Å²) in [5.74, 6) is 1.83. The molecule has 2 aromatic rings. The second kappa shape index (κ2) is 13.7. The van der Waals surface area contributed by atoms with E-state index in [-0.39, 0.29) is 11.7 Å². The number of rotatable bonds is 8. The second-order valence-electron chi connectivity index (χ2n) is 12.4. The van der Waals surface area contributed by atoms with Crippen LogP contribution in [0.3, 0.4) is 0 Å². The Kier molecular flexibility index (Phi) is 10.3. The molecule has 0 atom stereocenters. The second-order valence-corrected chi connectivity index (χ2v) is 12.4. The van der Waals surface area contributed by atoms with E-state index in [2.05, 4.69) is 12.1 Å². The molecule has 2 aromatic carbocycles. The first-order valence-corrected chi connectivity index (χ1v) is 15.0. The highest BCUT2D eigenvalue weighted by Gasteiger charge is 2.34. The maximum absolute atomic E-state index is 13.4. The van der Waals surface area contributed by atoms with Crippen LogP contribution in [-0.4, -0.2) is 49.4 Å². The summed E-state index contributed by atoms with van der Waals surface area (Å²) >= 11 is 0. The topological polar surface area (TPSA) is 65.8 Å². The SMILES string of the molecule is CC(C)(C)OC(=O)N1CCC(CCCCOc2ccc(C3CCN(c4ccc(C#N)c(C(F)(F)F)c4)CC3)cc2)CC1. The highest BCUT2D eigenvalue weighted by atomic mass is 19.4. The molecule has 6 nitrogen and oxygen atoms in total. The Hall–Kier alpha value is -3.41. The third kappa shape index (κ3) is 8.80. The van der Waals surface area contributed by atoms with Gasteiger partial charge in [0.25, 0.3) is 0 Å². The van der Waals surface area contributed by atoms with Gasteiger partial charge in [-0.15, -0.1) is 0 Å². The minimum Gasteiger partial charge on any atom is -0.494 e. The van der Waals surface area contributed by atoms with Crippen LogP contribution >= 0.6 is 0 Å². The van der Waals surface area contributed by atoms with E-state index in [0.29, 0.717) is 37.2 Å². The number of carbonyl (C=O) groups excluding carboxylic acids is 1. The van der Waals surface area contributed by atoms with Gasteiger partial charge in [0, 0.05) is 31.9 Å². The zero-order valence-electron chi connectivity index (χ0n) is 24.9. The fourth-order valence-corrected chi connectivity index (χ4v) is 5.82. The molecule has 0 spiro atoms. The Labute approximate surface area is 247 Å². The van der Waals surface area contributed by atoms with Gasteiger partial charge in [0.1, 0.15) is 11.4 Å². The summed E-state index contributed by atoms with van der Waals surface area (Å²) < 4.78 is 51.6.